The van der Waals surface area contributed by atoms with Crippen molar-refractivity contribution in [2.45, 2.75) is 48.1 Å². The van der Waals surface area contributed by atoms with Gasteiger partial charge in [0, 0.05) is 12.3 Å². The number of fused-ring (bicyclic) bond motifs is 1. The van der Waals surface area contributed by atoms with E-state index in [1.807, 2.05) is 31.5 Å². The Bertz CT molecular complexity index is 778. The van der Waals surface area contributed by atoms with E-state index in [-0.39, 0.29) is 5.41 Å². The number of benzene rings is 1. The van der Waals surface area contributed by atoms with E-state index in [2.05, 4.69) is 68.6 Å². The second-order valence-electron chi connectivity index (χ2n) is 7.34. The van der Waals surface area contributed by atoms with Crippen LogP contribution in [0.25, 0.3) is 11.0 Å². The van der Waals surface area contributed by atoms with E-state index < -0.39 is 0 Å². The molecule has 1 heterocycles. The maximum absolute atomic E-state index is 4.32. The van der Waals surface area contributed by atoms with Crippen molar-refractivity contribution in [3.63, 3.8) is 0 Å². The first kappa shape index (κ1) is 18.6. The fraction of sp³-hybridized carbons (Fsp3) is 0.529. The molecule has 1 aromatic heterocycles. The maximum Gasteiger partial charge on any atom is 0.129 e. The van der Waals surface area contributed by atoms with Gasteiger partial charge in [0.15, 0.2) is 0 Å². The minimum Gasteiger partial charge on any atom is -0.379 e. The minimum absolute atomic E-state index is 0.148. The average Bonchev–Trinajstić information content (AvgIpc) is 2.86. The molecular weight excluding hydrogens is 368 g/mol. The molecule has 0 aliphatic carbocycles. The fourth-order valence-corrected chi connectivity index (χ4v) is 2.71. The molecule has 2 aromatic rings. The monoisotopic (exact) mass is 392 g/mol. The highest BCUT2D eigenvalue weighted by molar-refractivity contribution is 9.10. The van der Waals surface area contributed by atoms with E-state index in [1.54, 1.807) is 0 Å². The zero-order valence-corrected chi connectivity index (χ0v) is 16.8. The summed E-state index contributed by atoms with van der Waals surface area (Å²) >= 11 is 3.64. The van der Waals surface area contributed by atoms with Gasteiger partial charge in [-0.1, -0.05) is 26.0 Å². The highest BCUT2D eigenvalue weighted by atomic mass is 79.9. The highest BCUT2D eigenvalue weighted by Gasteiger charge is 2.16. The van der Waals surface area contributed by atoms with Crippen LogP contribution < -0.4 is 5.32 Å². The number of aromatic nitrogens is 3. The van der Waals surface area contributed by atoms with Crippen molar-refractivity contribution >= 4 is 44.1 Å². The zero-order chi connectivity index (χ0) is 17.9. The topological polar surface area (TPSA) is 67.5 Å². The summed E-state index contributed by atoms with van der Waals surface area (Å²) in [6.07, 6.45) is 0. The van der Waals surface area contributed by atoms with Gasteiger partial charge in [0.2, 0.25) is 0 Å². The lowest BCUT2D eigenvalue weighted by atomic mass is 9.97. The molecule has 0 aliphatic rings. The van der Waals surface area contributed by atoms with Gasteiger partial charge in [-0.05, 0) is 54.2 Å². The predicted molar refractivity (Wildman–Crippen MR) is 105 cm³/mol. The summed E-state index contributed by atoms with van der Waals surface area (Å²) in [4.78, 5) is 0. The van der Waals surface area contributed by atoms with E-state index in [0.29, 0.717) is 6.54 Å². The van der Waals surface area contributed by atoms with Crippen LogP contribution in [0.4, 0.5) is 5.69 Å². The van der Waals surface area contributed by atoms with E-state index in [1.165, 1.54) is 0 Å². The Balaban J connectivity index is 2.20. The molecule has 0 radical (unpaired) electrons. The lowest BCUT2D eigenvalue weighted by Gasteiger charge is -2.18. The van der Waals surface area contributed by atoms with Gasteiger partial charge in [0.25, 0.3) is 0 Å². The standard InChI is InChI=1S/C17H25BrN6/c1-11(2)20-21-12(3)9-19-13-7-8-14-16(15(13)18)22-23-24(14)10-17(4,5)6/h7-8,19H,9-10H2,1-6H3/b21-12-. The molecule has 7 heteroatoms. The molecule has 2 rings (SSSR count). The van der Waals surface area contributed by atoms with Crippen molar-refractivity contribution in [2.24, 2.45) is 15.6 Å². The van der Waals surface area contributed by atoms with Gasteiger partial charge in [-0.25, -0.2) is 4.68 Å². The lowest BCUT2D eigenvalue weighted by molar-refractivity contribution is 0.327. The highest BCUT2D eigenvalue weighted by Crippen LogP contribution is 2.30. The second kappa shape index (κ2) is 7.42. The van der Waals surface area contributed by atoms with Gasteiger partial charge in [-0.2, -0.15) is 10.2 Å². The smallest absolute Gasteiger partial charge is 0.129 e. The van der Waals surface area contributed by atoms with Crippen LogP contribution in [0.3, 0.4) is 0 Å². The fourth-order valence-electron chi connectivity index (χ4n) is 2.15. The van der Waals surface area contributed by atoms with Crippen LogP contribution in [-0.2, 0) is 6.54 Å². The first-order valence-electron chi connectivity index (χ1n) is 7.97. The minimum atomic E-state index is 0.148. The first-order chi connectivity index (χ1) is 11.2. The summed E-state index contributed by atoms with van der Waals surface area (Å²) in [7, 11) is 0. The van der Waals surface area contributed by atoms with Crippen LogP contribution in [0, 0.1) is 5.41 Å². The summed E-state index contributed by atoms with van der Waals surface area (Å²) in [5, 5.41) is 20.2. The van der Waals surface area contributed by atoms with Crippen molar-refractivity contribution < 1.29 is 0 Å². The second-order valence-corrected chi connectivity index (χ2v) is 8.13. The molecule has 0 saturated heterocycles. The van der Waals surface area contributed by atoms with E-state index >= 15 is 0 Å². The van der Waals surface area contributed by atoms with Crippen molar-refractivity contribution in [1.29, 1.82) is 0 Å². The molecule has 24 heavy (non-hydrogen) atoms. The number of rotatable bonds is 5. The number of halogens is 1. The van der Waals surface area contributed by atoms with Crippen LogP contribution in [0.5, 0.6) is 0 Å². The van der Waals surface area contributed by atoms with Gasteiger partial charge in [-0.3, -0.25) is 0 Å². The Labute approximate surface area is 151 Å². The zero-order valence-electron chi connectivity index (χ0n) is 15.2. The molecule has 0 atom stereocenters. The molecular formula is C17H25BrN6. The molecule has 0 fully saturated rings. The molecule has 0 bridgehead atoms. The normalized spacial score (nSPS) is 12.5. The SMILES string of the molecule is CC(C)=N/N=C(/C)CNc1ccc2c(nnn2CC(C)(C)C)c1Br. The Morgan fingerprint density at radius 3 is 2.54 bits per heavy atom. The summed E-state index contributed by atoms with van der Waals surface area (Å²) < 4.78 is 2.87. The first-order valence-corrected chi connectivity index (χ1v) is 8.76. The van der Waals surface area contributed by atoms with Gasteiger partial charge in [0.05, 0.1) is 27.9 Å². The van der Waals surface area contributed by atoms with Crippen LogP contribution in [0.15, 0.2) is 26.8 Å². The molecule has 0 saturated carbocycles. The van der Waals surface area contributed by atoms with Crippen LogP contribution in [0.2, 0.25) is 0 Å². The van der Waals surface area contributed by atoms with E-state index in [4.69, 9.17) is 0 Å². The van der Waals surface area contributed by atoms with Gasteiger partial charge >= 0.3 is 0 Å². The Kier molecular flexibility index (Phi) is 5.74. The third-order valence-corrected chi connectivity index (χ3v) is 4.01. The Morgan fingerprint density at radius 2 is 1.92 bits per heavy atom. The molecule has 130 valence electrons. The van der Waals surface area contributed by atoms with Crippen molar-refractivity contribution in [3.05, 3.63) is 16.6 Å². The summed E-state index contributed by atoms with van der Waals surface area (Å²) in [5.41, 5.74) is 4.86. The molecule has 0 unspecified atom stereocenters. The molecule has 0 amide bonds. The lowest BCUT2D eigenvalue weighted by Crippen LogP contribution is -2.16. The predicted octanol–water partition coefficient (Wildman–Crippen LogP) is 4.51. The number of nitrogens with zero attached hydrogens (tertiary/aromatic N) is 5. The maximum atomic E-state index is 4.32. The van der Waals surface area contributed by atoms with Crippen molar-refractivity contribution in [2.75, 3.05) is 11.9 Å². The van der Waals surface area contributed by atoms with Crippen LogP contribution in [-0.4, -0.2) is 33.0 Å². The van der Waals surface area contributed by atoms with E-state index in [9.17, 15) is 0 Å². The summed E-state index contributed by atoms with van der Waals surface area (Å²) in [5.74, 6) is 0. The van der Waals surface area contributed by atoms with Crippen LogP contribution >= 0.6 is 15.9 Å². The number of anilines is 1. The van der Waals surface area contributed by atoms with Crippen LogP contribution in [0.1, 0.15) is 41.5 Å². The number of nitrogens with one attached hydrogen (secondary N) is 1. The van der Waals surface area contributed by atoms with Gasteiger partial charge < -0.3 is 5.32 Å². The van der Waals surface area contributed by atoms with Crippen molar-refractivity contribution in [1.82, 2.24) is 15.0 Å². The third-order valence-electron chi connectivity index (χ3n) is 3.21. The quantitative estimate of drug-likeness (QED) is 0.600. The largest absolute Gasteiger partial charge is 0.379 e. The average molecular weight is 393 g/mol. The van der Waals surface area contributed by atoms with E-state index in [0.717, 1.165) is 39.2 Å². The molecule has 1 N–H and O–H groups in total. The van der Waals surface area contributed by atoms with Gasteiger partial charge in [-0.15, -0.1) is 5.10 Å². The molecule has 1 aromatic carbocycles. The molecule has 0 spiro atoms. The Morgan fingerprint density at radius 1 is 1.21 bits per heavy atom. The Hall–Kier alpha value is -1.76. The summed E-state index contributed by atoms with van der Waals surface area (Å²) in [6, 6.07) is 4.09. The summed E-state index contributed by atoms with van der Waals surface area (Å²) in [6.45, 7) is 13.8. The number of hydrogen-bond acceptors (Lipinski definition) is 5. The van der Waals surface area contributed by atoms with Gasteiger partial charge in [0.1, 0.15) is 5.52 Å². The van der Waals surface area contributed by atoms with Crippen molar-refractivity contribution in [3.8, 4) is 0 Å². The third kappa shape index (κ3) is 4.87. The molecule has 0 aliphatic heterocycles. The molecule has 6 nitrogen and oxygen atoms in total. The number of hydrogen-bond donors (Lipinski definition) is 1.